The van der Waals surface area contributed by atoms with Gasteiger partial charge in [0, 0.05) is 19.0 Å². The molecule has 3 atom stereocenters. The molecular weight excluding hydrogens is 283 g/mol. The molecule has 1 fully saturated rings. The minimum atomic E-state index is -0.391. The number of urea groups is 1. The van der Waals surface area contributed by atoms with Gasteiger partial charge in [-0.25, -0.2) is 9.18 Å². The van der Waals surface area contributed by atoms with Gasteiger partial charge in [-0.05, 0) is 50.8 Å². The lowest BCUT2D eigenvalue weighted by Crippen LogP contribution is -2.40. The Hall–Kier alpha value is -1.62. The van der Waals surface area contributed by atoms with Crippen LogP contribution in [0.15, 0.2) is 12.1 Å². The summed E-state index contributed by atoms with van der Waals surface area (Å²) in [7, 11) is 0. The van der Waals surface area contributed by atoms with Crippen molar-refractivity contribution in [3.05, 3.63) is 34.6 Å². The molecule has 0 unspecified atom stereocenters. The van der Waals surface area contributed by atoms with Gasteiger partial charge in [-0.1, -0.05) is 12.1 Å². The Morgan fingerprint density at radius 2 is 1.95 bits per heavy atom. The first-order valence-corrected chi connectivity index (χ1v) is 7.79. The fraction of sp³-hybridized carbons (Fsp3) is 0.588. The van der Waals surface area contributed by atoms with E-state index in [1.807, 2.05) is 6.92 Å². The number of aliphatic hydroxyl groups excluding tert-OH is 1. The zero-order chi connectivity index (χ0) is 16.4. The van der Waals surface area contributed by atoms with Crippen LogP contribution in [0.2, 0.25) is 0 Å². The molecule has 5 heteroatoms. The third kappa shape index (κ3) is 3.58. The summed E-state index contributed by atoms with van der Waals surface area (Å²) in [5.41, 5.74) is 2.08. The van der Waals surface area contributed by atoms with E-state index in [2.05, 4.69) is 5.32 Å². The van der Waals surface area contributed by atoms with Crippen molar-refractivity contribution >= 4 is 6.03 Å². The number of amides is 2. The number of hydrogen-bond donors (Lipinski definition) is 2. The number of nitrogens with zero attached hydrogens (tertiary/aromatic N) is 1. The second-order valence-corrected chi connectivity index (χ2v) is 6.38. The smallest absolute Gasteiger partial charge is 0.317 e. The van der Waals surface area contributed by atoms with Crippen LogP contribution >= 0.6 is 0 Å². The van der Waals surface area contributed by atoms with E-state index >= 15 is 0 Å². The molecular formula is C17H25FN2O2. The summed E-state index contributed by atoms with van der Waals surface area (Å²) in [5.74, 6) is -0.0436. The Balaban J connectivity index is 2.00. The highest BCUT2D eigenvalue weighted by molar-refractivity contribution is 5.75. The van der Waals surface area contributed by atoms with E-state index in [1.165, 1.54) is 0 Å². The fourth-order valence-corrected chi connectivity index (χ4v) is 2.95. The lowest BCUT2D eigenvalue weighted by molar-refractivity contribution is 0.129. The topological polar surface area (TPSA) is 52.6 Å². The number of likely N-dealkylation sites (tertiary alicyclic amines) is 1. The molecule has 2 rings (SSSR count). The summed E-state index contributed by atoms with van der Waals surface area (Å²) in [6.07, 6.45) is 0.437. The molecule has 22 heavy (non-hydrogen) atoms. The average Bonchev–Trinajstić information content (AvgIpc) is 2.94. The Labute approximate surface area is 131 Å². The van der Waals surface area contributed by atoms with Crippen LogP contribution in [0.25, 0.3) is 0 Å². The van der Waals surface area contributed by atoms with Crippen LogP contribution in [0.4, 0.5) is 9.18 Å². The number of carbonyl (C=O) groups is 1. The molecule has 1 saturated heterocycles. The first-order valence-electron chi connectivity index (χ1n) is 7.79. The van der Waals surface area contributed by atoms with E-state index in [4.69, 9.17) is 0 Å². The molecule has 2 N–H and O–H groups in total. The lowest BCUT2D eigenvalue weighted by atomic mass is 10.0. The molecule has 122 valence electrons. The van der Waals surface area contributed by atoms with Crippen LogP contribution in [-0.4, -0.2) is 35.2 Å². The summed E-state index contributed by atoms with van der Waals surface area (Å²) >= 11 is 0. The van der Waals surface area contributed by atoms with Gasteiger partial charge in [0.1, 0.15) is 5.82 Å². The molecule has 1 aromatic carbocycles. The maximum absolute atomic E-state index is 13.7. The van der Waals surface area contributed by atoms with Gasteiger partial charge < -0.3 is 15.3 Å². The summed E-state index contributed by atoms with van der Waals surface area (Å²) in [6.45, 7) is 8.36. The number of hydrogen-bond acceptors (Lipinski definition) is 2. The van der Waals surface area contributed by atoms with Crippen LogP contribution in [0.5, 0.6) is 0 Å². The highest BCUT2D eigenvalue weighted by atomic mass is 19.1. The minimum Gasteiger partial charge on any atom is -0.393 e. The van der Waals surface area contributed by atoms with Crippen molar-refractivity contribution in [1.82, 2.24) is 10.2 Å². The van der Waals surface area contributed by atoms with E-state index in [0.717, 1.165) is 12.0 Å². The van der Waals surface area contributed by atoms with Crippen LogP contribution in [0.1, 0.15) is 43.0 Å². The predicted octanol–water partition coefficient (Wildman–Crippen LogP) is 2.92. The second kappa shape index (κ2) is 6.65. The van der Waals surface area contributed by atoms with Crippen molar-refractivity contribution in [1.29, 1.82) is 0 Å². The Bertz CT molecular complexity index is 537. The third-order valence-electron chi connectivity index (χ3n) is 4.49. The molecule has 0 radical (unpaired) electrons. The van der Waals surface area contributed by atoms with Crippen molar-refractivity contribution < 1.29 is 14.3 Å². The number of rotatable bonds is 3. The molecule has 2 amide bonds. The van der Waals surface area contributed by atoms with Gasteiger partial charge in [0.15, 0.2) is 0 Å². The van der Waals surface area contributed by atoms with Gasteiger partial charge >= 0.3 is 6.03 Å². The standard InChI is InChI=1S/C17H25FN2O2/c1-10-7-15(8-11(2)16(10)18)12(3)19-17(22)20-6-5-14(9-20)13(4)21/h7-8,12-14,21H,5-6,9H2,1-4H3,(H,19,22)/t12-,13+,14+/m0/s1. The van der Waals surface area contributed by atoms with Crippen molar-refractivity contribution in [3.8, 4) is 0 Å². The number of aliphatic hydroxyl groups is 1. The molecule has 1 aromatic rings. The van der Waals surface area contributed by atoms with E-state index in [1.54, 1.807) is 37.8 Å². The Morgan fingerprint density at radius 1 is 1.36 bits per heavy atom. The molecule has 1 aliphatic rings. The number of halogens is 1. The van der Waals surface area contributed by atoms with Crippen LogP contribution in [-0.2, 0) is 0 Å². The van der Waals surface area contributed by atoms with Crippen LogP contribution < -0.4 is 5.32 Å². The average molecular weight is 308 g/mol. The zero-order valence-corrected chi connectivity index (χ0v) is 13.7. The highest BCUT2D eigenvalue weighted by Gasteiger charge is 2.29. The fourth-order valence-electron chi connectivity index (χ4n) is 2.95. The largest absolute Gasteiger partial charge is 0.393 e. The maximum atomic E-state index is 13.7. The second-order valence-electron chi connectivity index (χ2n) is 6.38. The SMILES string of the molecule is Cc1cc([C@H](C)NC(=O)N2CC[C@@H]([C@@H](C)O)C2)cc(C)c1F. The normalized spacial score (nSPS) is 20.8. The maximum Gasteiger partial charge on any atom is 0.317 e. The lowest BCUT2D eigenvalue weighted by Gasteiger charge is -2.22. The predicted molar refractivity (Wildman–Crippen MR) is 84.2 cm³/mol. The molecule has 0 aliphatic carbocycles. The number of aryl methyl sites for hydroxylation is 2. The molecule has 4 nitrogen and oxygen atoms in total. The van der Waals surface area contributed by atoms with Gasteiger partial charge in [0.25, 0.3) is 0 Å². The van der Waals surface area contributed by atoms with Gasteiger partial charge in [-0.2, -0.15) is 0 Å². The minimum absolute atomic E-state index is 0.129. The Kier molecular flexibility index (Phi) is 5.06. The van der Waals surface area contributed by atoms with Gasteiger partial charge in [-0.15, -0.1) is 0 Å². The van der Waals surface area contributed by atoms with Crippen molar-refractivity contribution in [3.63, 3.8) is 0 Å². The number of nitrogens with one attached hydrogen (secondary N) is 1. The van der Waals surface area contributed by atoms with E-state index in [0.29, 0.717) is 24.2 Å². The van der Waals surface area contributed by atoms with Gasteiger partial charge in [-0.3, -0.25) is 0 Å². The summed E-state index contributed by atoms with van der Waals surface area (Å²) < 4.78 is 13.7. The molecule has 0 bridgehead atoms. The summed E-state index contributed by atoms with van der Waals surface area (Å²) in [4.78, 5) is 14.0. The molecule has 0 spiro atoms. The van der Waals surface area contributed by atoms with Gasteiger partial charge in [0.2, 0.25) is 0 Å². The zero-order valence-electron chi connectivity index (χ0n) is 13.7. The van der Waals surface area contributed by atoms with Crippen LogP contribution in [0, 0.1) is 25.6 Å². The van der Waals surface area contributed by atoms with Crippen molar-refractivity contribution in [2.24, 2.45) is 5.92 Å². The first-order chi connectivity index (χ1) is 10.3. The molecule has 1 aliphatic heterocycles. The van der Waals surface area contributed by atoms with E-state index in [-0.39, 0.29) is 23.8 Å². The van der Waals surface area contributed by atoms with E-state index in [9.17, 15) is 14.3 Å². The van der Waals surface area contributed by atoms with Crippen LogP contribution in [0.3, 0.4) is 0 Å². The summed E-state index contributed by atoms with van der Waals surface area (Å²) in [5, 5.41) is 12.6. The van der Waals surface area contributed by atoms with Crippen molar-refractivity contribution in [2.75, 3.05) is 13.1 Å². The first kappa shape index (κ1) is 16.7. The van der Waals surface area contributed by atoms with Gasteiger partial charge in [0.05, 0.1) is 12.1 Å². The Morgan fingerprint density at radius 3 is 2.45 bits per heavy atom. The number of carbonyl (C=O) groups excluding carboxylic acids is 1. The van der Waals surface area contributed by atoms with Crippen molar-refractivity contribution in [2.45, 2.75) is 46.3 Å². The molecule has 0 aromatic heterocycles. The monoisotopic (exact) mass is 308 g/mol. The quantitative estimate of drug-likeness (QED) is 0.902. The highest BCUT2D eigenvalue weighted by Crippen LogP contribution is 2.22. The third-order valence-corrected chi connectivity index (χ3v) is 4.49. The summed E-state index contributed by atoms with van der Waals surface area (Å²) in [6, 6.07) is 3.23. The molecule has 1 heterocycles. The molecule has 0 saturated carbocycles. The van der Waals surface area contributed by atoms with E-state index < -0.39 is 6.10 Å². The number of benzene rings is 1.